The highest BCUT2D eigenvalue weighted by Crippen LogP contribution is 2.26. The van der Waals surface area contributed by atoms with Crippen molar-refractivity contribution in [2.75, 3.05) is 31.1 Å². The van der Waals surface area contributed by atoms with E-state index in [9.17, 15) is 0 Å². The zero-order valence-corrected chi connectivity index (χ0v) is 13.3. The minimum absolute atomic E-state index is 1.08. The second kappa shape index (κ2) is 7.83. The average Bonchev–Trinajstić information content (AvgIpc) is 2.91. The molecule has 0 atom stereocenters. The largest absolute Gasteiger partial charge is 0.352 e. The van der Waals surface area contributed by atoms with Gasteiger partial charge in [0.05, 0.1) is 0 Å². The number of aromatic nitrogens is 2. The number of aromatic amines is 1. The third-order valence-corrected chi connectivity index (χ3v) is 4.95. The molecule has 2 N–H and O–H groups in total. The van der Waals surface area contributed by atoms with Crippen LogP contribution in [-0.4, -0.2) is 36.4 Å². The van der Waals surface area contributed by atoms with Gasteiger partial charge in [0.1, 0.15) is 0 Å². The number of hydrogen-bond acceptors (Lipinski definition) is 3. The minimum atomic E-state index is 1.08. The van der Waals surface area contributed by atoms with Gasteiger partial charge in [-0.25, -0.2) is 0 Å². The predicted molar refractivity (Wildman–Crippen MR) is 88.0 cm³/mol. The predicted octanol–water partition coefficient (Wildman–Crippen LogP) is 3.04. The van der Waals surface area contributed by atoms with Crippen LogP contribution in [-0.2, 0) is 12.8 Å². The van der Waals surface area contributed by atoms with E-state index in [0.29, 0.717) is 0 Å². The summed E-state index contributed by atoms with van der Waals surface area (Å²) in [5, 5.41) is 11.5. The molecule has 1 fully saturated rings. The highest BCUT2D eigenvalue weighted by Gasteiger charge is 2.20. The fraction of sp³-hybridized carbons (Fsp3) is 0.824. The lowest BCUT2D eigenvalue weighted by molar-refractivity contribution is 0.556. The van der Waals surface area contributed by atoms with Crippen molar-refractivity contribution in [3.8, 4) is 0 Å². The molecule has 0 aromatic carbocycles. The summed E-state index contributed by atoms with van der Waals surface area (Å²) in [7, 11) is 0. The van der Waals surface area contributed by atoms with Crippen molar-refractivity contribution in [3.63, 3.8) is 0 Å². The van der Waals surface area contributed by atoms with Crippen LogP contribution in [0.15, 0.2) is 0 Å². The Morgan fingerprint density at radius 3 is 2.10 bits per heavy atom. The maximum absolute atomic E-state index is 4.69. The molecule has 0 spiro atoms. The van der Waals surface area contributed by atoms with Gasteiger partial charge in [0, 0.05) is 37.4 Å². The van der Waals surface area contributed by atoms with Crippen molar-refractivity contribution in [2.45, 2.75) is 64.2 Å². The minimum Gasteiger partial charge on any atom is -0.352 e. The Morgan fingerprint density at radius 1 is 0.762 bits per heavy atom. The van der Waals surface area contributed by atoms with Crippen LogP contribution in [0.2, 0.25) is 0 Å². The van der Waals surface area contributed by atoms with Gasteiger partial charge in [-0.1, -0.05) is 38.5 Å². The van der Waals surface area contributed by atoms with E-state index in [1.165, 1.54) is 81.3 Å². The van der Waals surface area contributed by atoms with Crippen molar-refractivity contribution in [2.24, 2.45) is 0 Å². The number of anilines is 1. The van der Waals surface area contributed by atoms with Gasteiger partial charge in [0.15, 0.2) is 5.82 Å². The number of fused-ring (bicyclic) bond motifs is 1. The number of aryl methyl sites for hydroxylation is 1. The summed E-state index contributed by atoms with van der Waals surface area (Å²) in [6, 6.07) is 0. The molecular weight excluding hydrogens is 260 g/mol. The van der Waals surface area contributed by atoms with E-state index in [1.54, 1.807) is 0 Å². The van der Waals surface area contributed by atoms with Crippen LogP contribution >= 0.6 is 0 Å². The number of hydrogen-bond donors (Lipinski definition) is 2. The molecule has 4 nitrogen and oxygen atoms in total. The van der Waals surface area contributed by atoms with Crippen molar-refractivity contribution >= 4 is 5.82 Å². The molecule has 0 radical (unpaired) electrons. The van der Waals surface area contributed by atoms with Crippen LogP contribution < -0.4 is 10.2 Å². The van der Waals surface area contributed by atoms with Crippen LogP contribution in [0.25, 0.3) is 0 Å². The van der Waals surface area contributed by atoms with Gasteiger partial charge in [-0.2, -0.15) is 5.10 Å². The van der Waals surface area contributed by atoms with Gasteiger partial charge >= 0.3 is 0 Å². The van der Waals surface area contributed by atoms with Crippen LogP contribution in [0.1, 0.15) is 62.6 Å². The molecule has 4 heteroatoms. The summed E-state index contributed by atoms with van der Waals surface area (Å²) >= 11 is 0. The Hall–Kier alpha value is -1.03. The van der Waals surface area contributed by atoms with E-state index in [0.717, 1.165) is 26.2 Å². The Labute approximate surface area is 128 Å². The van der Waals surface area contributed by atoms with Gasteiger partial charge in [0.2, 0.25) is 0 Å². The first-order valence-corrected chi connectivity index (χ1v) is 8.97. The van der Waals surface area contributed by atoms with Gasteiger partial charge in [-0.3, -0.25) is 5.10 Å². The van der Waals surface area contributed by atoms with E-state index < -0.39 is 0 Å². The van der Waals surface area contributed by atoms with Gasteiger partial charge in [-0.15, -0.1) is 0 Å². The molecule has 1 aromatic heterocycles. The lowest BCUT2D eigenvalue weighted by Gasteiger charge is -2.28. The van der Waals surface area contributed by atoms with Crippen molar-refractivity contribution in [3.05, 3.63) is 11.3 Å². The summed E-state index contributed by atoms with van der Waals surface area (Å²) in [6.45, 7) is 4.36. The monoisotopic (exact) mass is 290 g/mol. The average molecular weight is 290 g/mol. The summed E-state index contributed by atoms with van der Waals surface area (Å²) in [4.78, 5) is 2.47. The molecule has 1 aromatic rings. The Bertz CT molecular complexity index is 420. The SMILES string of the molecule is C1CCCCCc2c(N3CCNCC3)n[nH]c2CCCC1. The maximum Gasteiger partial charge on any atom is 0.153 e. The van der Waals surface area contributed by atoms with Crippen LogP contribution in [0, 0.1) is 0 Å². The number of nitrogens with zero attached hydrogens (tertiary/aromatic N) is 2. The number of rotatable bonds is 1. The van der Waals surface area contributed by atoms with E-state index >= 15 is 0 Å². The fourth-order valence-electron chi connectivity index (χ4n) is 3.66. The number of H-pyrrole nitrogens is 1. The highest BCUT2D eigenvalue weighted by molar-refractivity contribution is 5.50. The fourth-order valence-corrected chi connectivity index (χ4v) is 3.66. The normalized spacial score (nSPS) is 22.2. The third-order valence-electron chi connectivity index (χ3n) is 4.95. The zero-order valence-electron chi connectivity index (χ0n) is 13.3. The molecule has 21 heavy (non-hydrogen) atoms. The van der Waals surface area contributed by atoms with Crippen LogP contribution in [0.4, 0.5) is 5.82 Å². The smallest absolute Gasteiger partial charge is 0.153 e. The summed E-state index contributed by atoms with van der Waals surface area (Å²) in [5.41, 5.74) is 2.95. The number of piperazine rings is 1. The molecule has 1 saturated heterocycles. The van der Waals surface area contributed by atoms with E-state index in [1.807, 2.05) is 0 Å². The van der Waals surface area contributed by atoms with Crippen molar-refractivity contribution < 1.29 is 0 Å². The first-order valence-electron chi connectivity index (χ1n) is 8.97. The van der Waals surface area contributed by atoms with Crippen LogP contribution in [0.3, 0.4) is 0 Å². The van der Waals surface area contributed by atoms with Crippen molar-refractivity contribution in [1.82, 2.24) is 15.5 Å². The van der Waals surface area contributed by atoms with Gasteiger partial charge in [0.25, 0.3) is 0 Å². The molecule has 2 aliphatic rings. The van der Waals surface area contributed by atoms with Gasteiger partial charge in [-0.05, 0) is 25.7 Å². The first-order chi connectivity index (χ1) is 10.4. The molecule has 0 amide bonds. The molecule has 2 heterocycles. The number of nitrogens with one attached hydrogen (secondary N) is 2. The molecule has 3 rings (SSSR count). The maximum atomic E-state index is 4.69. The topological polar surface area (TPSA) is 44.0 Å². The molecule has 0 unspecified atom stereocenters. The quantitative estimate of drug-likeness (QED) is 0.835. The lowest BCUT2D eigenvalue weighted by Crippen LogP contribution is -2.44. The highest BCUT2D eigenvalue weighted by atomic mass is 15.3. The Morgan fingerprint density at radius 2 is 1.38 bits per heavy atom. The van der Waals surface area contributed by atoms with Crippen molar-refractivity contribution in [1.29, 1.82) is 0 Å². The summed E-state index contributed by atoms with van der Waals surface area (Å²) in [5.74, 6) is 1.25. The first kappa shape index (κ1) is 14.9. The van der Waals surface area contributed by atoms with E-state index in [2.05, 4.69) is 20.4 Å². The second-order valence-electron chi connectivity index (χ2n) is 6.57. The lowest BCUT2D eigenvalue weighted by atomic mass is 9.99. The zero-order chi connectivity index (χ0) is 14.3. The molecule has 1 aliphatic carbocycles. The van der Waals surface area contributed by atoms with Gasteiger partial charge < -0.3 is 10.2 Å². The van der Waals surface area contributed by atoms with E-state index in [4.69, 9.17) is 0 Å². The molecule has 0 saturated carbocycles. The van der Waals surface area contributed by atoms with E-state index in [-0.39, 0.29) is 0 Å². The third kappa shape index (κ3) is 4.00. The molecule has 1 aliphatic heterocycles. The molecule has 118 valence electrons. The second-order valence-corrected chi connectivity index (χ2v) is 6.57. The summed E-state index contributed by atoms with van der Waals surface area (Å²) < 4.78 is 0. The summed E-state index contributed by atoms with van der Waals surface area (Å²) in [6.07, 6.45) is 13.5. The van der Waals surface area contributed by atoms with Crippen LogP contribution in [0.5, 0.6) is 0 Å². The Balaban J connectivity index is 1.73. The Kier molecular flexibility index (Phi) is 5.55. The standard InChI is InChI=1S/C17H30N4/c1-2-4-6-8-10-16-15(9-7-5-3-1)17(20-19-16)21-13-11-18-12-14-21/h18H,1-14H2,(H,19,20). The molecule has 0 bridgehead atoms. The molecular formula is C17H30N4.